The fourth-order valence-electron chi connectivity index (χ4n) is 2.63. The highest BCUT2D eigenvalue weighted by Gasteiger charge is 2.41. The predicted molar refractivity (Wildman–Crippen MR) is 66.1 cm³/mol. The van der Waals surface area contributed by atoms with Crippen LogP contribution >= 0.6 is 0 Å². The van der Waals surface area contributed by atoms with E-state index in [9.17, 15) is 4.79 Å². The Morgan fingerprint density at radius 1 is 1.62 bits per heavy atom. The van der Waals surface area contributed by atoms with Gasteiger partial charge in [0.2, 0.25) is 5.91 Å². The molecule has 0 aliphatic carbocycles. The normalized spacial score (nSPS) is 28.0. The molecule has 1 rings (SSSR count). The van der Waals surface area contributed by atoms with Crippen LogP contribution < -0.4 is 11.1 Å². The summed E-state index contributed by atoms with van der Waals surface area (Å²) in [4.78, 5) is 14.2. The lowest BCUT2D eigenvalue weighted by Crippen LogP contribution is -2.41. The van der Waals surface area contributed by atoms with E-state index < -0.39 is 0 Å². The summed E-state index contributed by atoms with van der Waals surface area (Å²) in [5.41, 5.74) is 5.41. The molecule has 1 amide bonds. The van der Waals surface area contributed by atoms with Gasteiger partial charge in [0.25, 0.3) is 0 Å². The van der Waals surface area contributed by atoms with Gasteiger partial charge in [-0.05, 0) is 39.3 Å². The third-order valence-electron chi connectivity index (χ3n) is 3.77. The largest absolute Gasteiger partial charge is 0.359 e. The molecule has 1 heterocycles. The minimum absolute atomic E-state index is 0.164. The first-order valence-corrected chi connectivity index (χ1v) is 6.23. The molecular weight excluding hydrogens is 202 g/mol. The average Bonchev–Trinajstić information content (AvgIpc) is 2.68. The molecule has 4 nitrogen and oxygen atoms in total. The van der Waals surface area contributed by atoms with Crippen LogP contribution in [0.3, 0.4) is 0 Å². The number of amides is 1. The third kappa shape index (κ3) is 2.74. The Labute approximate surface area is 98.6 Å². The van der Waals surface area contributed by atoms with Crippen LogP contribution in [0.5, 0.6) is 0 Å². The molecule has 0 spiro atoms. The van der Waals surface area contributed by atoms with Gasteiger partial charge in [-0.15, -0.1) is 0 Å². The molecule has 1 aliphatic heterocycles. The van der Waals surface area contributed by atoms with Gasteiger partial charge in [0, 0.05) is 19.6 Å². The Morgan fingerprint density at radius 3 is 2.81 bits per heavy atom. The van der Waals surface area contributed by atoms with Gasteiger partial charge in [-0.3, -0.25) is 9.69 Å². The Kier molecular flexibility index (Phi) is 4.74. The highest BCUT2D eigenvalue weighted by molar-refractivity contribution is 5.82. The topological polar surface area (TPSA) is 58.4 Å². The smallest absolute Gasteiger partial charge is 0.227 e. The van der Waals surface area contributed by atoms with Gasteiger partial charge in [0.15, 0.2) is 0 Å². The Hall–Kier alpha value is -0.610. The number of carbonyl (C=O) groups excluding carboxylic acids is 1. The molecule has 2 atom stereocenters. The minimum Gasteiger partial charge on any atom is -0.359 e. The standard InChI is InChI=1S/C12H25N3O/c1-4-10(5-7-13)15-8-6-12(2,9-15)11(16)14-3/h10H,4-9,13H2,1-3H3,(H,14,16). The molecule has 0 aromatic heterocycles. The summed E-state index contributed by atoms with van der Waals surface area (Å²) >= 11 is 0. The molecule has 0 aromatic carbocycles. The average molecular weight is 227 g/mol. The maximum atomic E-state index is 11.8. The van der Waals surface area contributed by atoms with Crippen molar-refractivity contribution in [2.24, 2.45) is 11.1 Å². The molecule has 3 N–H and O–H groups in total. The first-order chi connectivity index (χ1) is 7.57. The fraction of sp³-hybridized carbons (Fsp3) is 0.917. The van der Waals surface area contributed by atoms with Crippen LogP contribution in [0.15, 0.2) is 0 Å². The summed E-state index contributed by atoms with van der Waals surface area (Å²) in [6.45, 7) is 6.86. The summed E-state index contributed by atoms with van der Waals surface area (Å²) in [6, 6.07) is 0.538. The Bertz CT molecular complexity index is 244. The Balaban J connectivity index is 2.59. The maximum Gasteiger partial charge on any atom is 0.227 e. The van der Waals surface area contributed by atoms with Crippen LogP contribution in [0.4, 0.5) is 0 Å². The zero-order chi connectivity index (χ0) is 12.2. The predicted octanol–water partition coefficient (Wildman–Crippen LogP) is 0.572. The number of rotatable bonds is 5. The molecule has 0 radical (unpaired) electrons. The van der Waals surface area contributed by atoms with E-state index in [4.69, 9.17) is 5.73 Å². The van der Waals surface area contributed by atoms with Gasteiger partial charge in [-0.1, -0.05) is 6.92 Å². The maximum absolute atomic E-state index is 11.8. The highest BCUT2D eigenvalue weighted by atomic mass is 16.2. The first-order valence-electron chi connectivity index (χ1n) is 6.23. The molecule has 1 fully saturated rings. The van der Waals surface area contributed by atoms with Crippen molar-refractivity contribution in [3.63, 3.8) is 0 Å². The summed E-state index contributed by atoms with van der Waals surface area (Å²) < 4.78 is 0. The second kappa shape index (κ2) is 5.64. The molecule has 1 saturated heterocycles. The van der Waals surface area contributed by atoms with E-state index in [1.165, 1.54) is 0 Å². The van der Waals surface area contributed by atoms with Crippen molar-refractivity contribution in [2.45, 2.75) is 39.2 Å². The van der Waals surface area contributed by atoms with Crippen LogP contribution in [0.25, 0.3) is 0 Å². The van der Waals surface area contributed by atoms with Gasteiger partial charge in [0.1, 0.15) is 0 Å². The lowest BCUT2D eigenvalue weighted by Gasteiger charge is -2.28. The highest BCUT2D eigenvalue weighted by Crippen LogP contribution is 2.32. The fourth-order valence-corrected chi connectivity index (χ4v) is 2.63. The van der Waals surface area contributed by atoms with Crippen molar-refractivity contribution in [1.29, 1.82) is 0 Å². The summed E-state index contributed by atoms with van der Waals surface area (Å²) in [7, 11) is 1.72. The van der Waals surface area contributed by atoms with E-state index >= 15 is 0 Å². The molecule has 0 aromatic rings. The monoisotopic (exact) mass is 227 g/mol. The van der Waals surface area contributed by atoms with E-state index in [2.05, 4.69) is 24.1 Å². The number of carbonyl (C=O) groups is 1. The Morgan fingerprint density at radius 2 is 2.31 bits per heavy atom. The van der Waals surface area contributed by atoms with Gasteiger partial charge >= 0.3 is 0 Å². The van der Waals surface area contributed by atoms with E-state index in [1.54, 1.807) is 7.05 Å². The SMILES string of the molecule is CCC(CCN)N1CCC(C)(C(=O)NC)C1. The summed E-state index contributed by atoms with van der Waals surface area (Å²) in [6.07, 6.45) is 3.09. The molecule has 2 unspecified atom stereocenters. The first kappa shape index (κ1) is 13.5. The number of nitrogens with two attached hydrogens (primary N) is 1. The molecule has 16 heavy (non-hydrogen) atoms. The van der Waals surface area contributed by atoms with E-state index in [1.807, 2.05) is 0 Å². The number of nitrogens with one attached hydrogen (secondary N) is 1. The molecule has 0 bridgehead atoms. The lowest BCUT2D eigenvalue weighted by atomic mass is 9.89. The summed E-state index contributed by atoms with van der Waals surface area (Å²) in [5.74, 6) is 0.164. The third-order valence-corrected chi connectivity index (χ3v) is 3.77. The van der Waals surface area contributed by atoms with Crippen LogP contribution in [0.1, 0.15) is 33.1 Å². The van der Waals surface area contributed by atoms with Crippen molar-refractivity contribution >= 4 is 5.91 Å². The number of hydrogen-bond donors (Lipinski definition) is 2. The van der Waals surface area contributed by atoms with Gasteiger partial charge in [-0.25, -0.2) is 0 Å². The molecule has 1 aliphatic rings. The molecule has 4 heteroatoms. The van der Waals surface area contributed by atoms with Crippen LogP contribution in [0.2, 0.25) is 0 Å². The molecular formula is C12H25N3O. The molecule has 0 saturated carbocycles. The summed E-state index contributed by atoms with van der Waals surface area (Å²) in [5, 5.41) is 2.77. The lowest BCUT2D eigenvalue weighted by molar-refractivity contribution is -0.129. The van der Waals surface area contributed by atoms with Gasteiger partial charge in [-0.2, -0.15) is 0 Å². The minimum atomic E-state index is -0.212. The van der Waals surface area contributed by atoms with E-state index in [0.717, 1.165) is 38.9 Å². The zero-order valence-corrected chi connectivity index (χ0v) is 10.8. The van der Waals surface area contributed by atoms with Crippen molar-refractivity contribution in [2.75, 3.05) is 26.7 Å². The van der Waals surface area contributed by atoms with Crippen molar-refractivity contribution in [3.8, 4) is 0 Å². The van der Waals surface area contributed by atoms with Gasteiger partial charge < -0.3 is 11.1 Å². The quantitative estimate of drug-likeness (QED) is 0.722. The van der Waals surface area contributed by atoms with Crippen LogP contribution in [-0.4, -0.2) is 43.5 Å². The van der Waals surface area contributed by atoms with Crippen molar-refractivity contribution in [1.82, 2.24) is 10.2 Å². The molecule has 94 valence electrons. The number of hydrogen-bond acceptors (Lipinski definition) is 3. The second-order valence-electron chi connectivity index (χ2n) is 5.00. The van der Waals surface area contributed by atoms with Crippen LogP contribution in [0, 0.1) is 5.41 Å². The van der Waals surface area contributed by atoms with Crippen molar-refractivity contribution in [3.05, 3.63) is 0 Å². The van der Waals surface area contributed by atoms with Gasteiger partial charge in [0.05, 0.1) is 5.41 Å². The number of nitrogens with zero attached hydrogens (tertiary/aromatic N) is 1. The zero-order valence-electron chi connectivity index (χ0n) is 10.8. The van der Waals surface area contributed by atoms with Crippen molar-refractivity contribution < 1.29 is 4.79 Å². The second-order valence-corrected chi connectivity index (χ2v) is 5.00. The van der Waals surface area contributed by atoms with E-state index in [0.29, 0.717) is 6.04 Å². The number of likely N-dealkylation sites (tertiary alicyclic amines) is 1. The van der Waals surface area contributed by atoms with E-state index in [-0.39, 0.29) is 11.3 Å². The van der Waals surface area contributed by atoms with Crippen LogP contribution in [-0.2, 0) is 4.79 Å².